The first-order valence-electron chi connectivity index (χ1n) is 7.47. The van der Waals surface area contributed by atoms with Crippen LogP contribution < -0.4 is 5.56 Å². The molecule has 6 nitrogen and oxygen atoms in total. The van der Waals surface area contributed by atoms with Gasteiger partial charge >= 0.3 is 0 Å². The molecule has 0 bridgehead atoms. The van der Waals surface area contributed by atoms with E-state index < -0.39 is 0 Å². The van der Waals surface area contributed by atoms with Crippen molar-refractivity contribution < 1.29 is 4.74 Å². The van der Waals surface area contributed by atoms with Gasteiger partial charge in [0, 0.05) is 19.4 Å². The van der Waals surface area contributed by atoms with Crippen molar-refractivity contribution >= 4 is 11.6 Å². The van der Waals surface area contributed by atoms with Crippen LogP contribution in [0.15, 0.2) is 29.3 Å². The van der Waals surface area contributed by atoms with Gasteiger partial charge in [-0.25, -0.2) is 4.68 Å². The average Bonchev–Trinajstić information content (AvgIpc) is 2.99. The van der Waals surface area contributed by atoms with Gasteiger partial charge in [0.15, 0.2) is 0 Å². The fourth-order valence-electron chi connectivity index (χ4n) is 3.00. The molecule has 0 amide bonds. The van der Waals surface area contributed by atoms with Gasteiger partial charge in [0.1, 0.15) is 5.69 Å². The van der Waals surface area contributed by atoms with Gasteiger partial charge < -0.3 is 9.30 Å². The van der Waals surface area contributed by atoms with Gasteiger partial charge in [-0.15, -0.1) is 5.10 Å². The molecule has 0 saturated heterocycles. The maximum atomic E-state index is 11.8. The Labute approximate surface area is 133 Å². The molecule has 22 heavy (non-hydrogen) atoms. The van der Waals surface area contributed by atoms with Crippen molar-refractivity contribution in [2.45, 2.75) is 44.4 Å². The quantitative estimate of drug-likeness (QED) is 0.866. The number of pyridine rings is 1. The van der Waals surface area contributed by atoms with Crippen molar-refractivity contribution in [2.24, 2.45) is 0 Å². The number of nitrogens with zero attached hydrogens (tertiary/aromatic N) is 4. The fraction of sp³-hybridized carbons (Fsp3) is 0.533. The molecule has 1 aliphatic carbocycles. The van der Waals surface area contributed by atoms with E-state index in [4.69, 9.17) is 16.3 Å². The van der Waals surface area contributed by atoms with Crippen LogP contribution in [0.1, 0.15) is 37.4 Å². The third kappa shape index (κ3) is 3.23. The summed E-state index contributed by atoms with van der Waals surface area (Å²) < 4.78 is 8.97. The van der Waals surface area contributed by atoms with E-state index in [0.717, 1.165) is 18.5 Å². The predicted molar refractivity (Wildman–Crippen MR) is 83.1 cm³/mol. The molecule has 2 aromatic rings. The summed E-state index contributed by atoms with van der Waals surface area (Å²) in [5.74, 6) is 0. The second-order valence-corrected chi connectivity index (χ2v) is 6.07. The van der Waals surface area contributed by atoms with Crippen LogP contribution in [0.4, 0.5) is 0 Å². The Morgan fingerprint density at radius 3 is 2.95 bits per heavy atom. The maximum Gasteiger partial charge on any atom is 0.250 e. The molecule has 0 spiro atoms. The second-order valence-electron chi connectivity index (χ2n) is 5.63. The summed E-state index contributed by atoms with van der Waals surface area (Å²) in [4.78, 5) is 11.8. The molecule has 2 atom stereocenters. The third-order valence-corrected chi connectivity index (χ3v) is 4.37. The molecule has 1 fully saturated rings. The Balaban J connectivity index is 1.78. The minimum absolute atomic E-state index is 0.105. The number of ether oxygens (including phenoxy) is 1. The minimum Gasteiger partial charge on any atom is -0.379 e. The molecule has 0 aliphatic heterocycles. The topological polar surface area (TPSA) is 61.9 Å². The number of methoxy groups -OCH3 is 1. The highest BCUT2D eigenvalue weighted by atomic mass is 35.5. The van der Waals surface area contributed by atoms with Gasteiger partial charge in [0.05, 0.1) is 29.9 Å². The molecule has 118 valence electrons. The van der Waals surface area contributed by atoms with Crippen LogP contribution in [0.2, 0.25) is 5.02 Å². The van der Waals surface area contributed by atoms with Gasteiger partial charge in [0.25, 0.3) is 5.56 Å². The Bertz CT molecular complexity index is 697. The van der Waals surface area contributed by atoms with E-state index in [9.17, 15) is 4.79 Å². The van der Waals surface area contributed by atoms with Crippen molar-refractivity contribution in [1.82, 2.24) is 19.6 Å². The lowest BCUT2D eigenvalue weighted by molar-refractivity contribution is 0.0239. The zero-order chi connectivity index (χ0) is 15.5. The van der Waals surface area contributed by atoms with Gasteiger partial charge in [-0.3, -0.25) is 4.79 Å². The van der Waals surface area contributed by atoms with Crippen LogP contribution in [0.5, 0.6) is 0 Å². The monoisotopic (exact) mass is 322 g/mol. The molecule has 2 heterocycles. The molecule has 0 aromatic carbocycles. The van der Waals surface area contributed by atoms with Crippen molar-refractivity contribution in [2.75, 3.05) is 7.11 Å². The molecule has 0 N–H and O–H groups in total. The normalized spacial score (nSPS) is 21.9. The number of aromatic nitrogens is 4. The van der Waals surface area contributed by atoms with Crippen LogP contribution in [0.3, 0.4) is 0 Å². The Morgan fingerprint density at radius 1 is 1.32 bits per heavy atom. The summed E-state index contributed by atoms with van der Waals surface area (Å²) in [5.41, 5.74) is 0.635. The first-order chi connectivity index (χ1) is 10.7. The smallest absolute Gasteiger partial charge is 0.250 e. The van der Waals surface area contributed by atoms with Gasteiger partial charge in [-0.1, -0.05) is 29.7 Å². The highest BCUT2D eigenvalue weighted by Gasteiger charge is 2.27. The Morgan fingerprint density at radius 2 is 2.14 bits per heavy atom. The Kier molecular flexibility index (Phi) is 4.59. The van der Waals surface area contributed by atoms with Gasteiger partial charge in [-0.05, 0) is 18.9 Å². The van der Waals surface area contributed by atoms with E-state index in [2.05, 4.69) is 10.3 Å². The molecule has 7 heteroatoms. The van der Waals surface area contributed by atoms with Crippen LogP contribution in [0, 0.1) is 0 Å². The maximum absolute atomic E-state index is 11.8. The van der Waals surface area contributed by atoms with E-state index in [1.807, 2.05) is 10.9 Å². The zero-order valence-corrected chi connectivity index (χ0v) is 13.2. The first kappa shape index (κ1) is 15.2. The van der Waals surface area contributed by atoms with E-state index in [1.165, 1.54) is 23.5 Å². The van der Waals surface area contributed by atoms with Crippen LogP contribution in [0.25, 0.3) is 0 Å². The SMILES string of the molecule is CO[C@@H]1CCCC[C@H]1n1cc(Cn2cc(Cl)ccc2=O)nn1. The molecule has 0 radical (unpaired) electrons. The van der Waals surface area contributed by atoms with Crippen molar-refractivity contribution in [3.63, 3.8) is 0 Å². The molecular formula is C15H19ClN4O2. The van der Waals surface area contributed by atoms with E-state index in [-0.39, 0.29) is 17.7 Å². The zero-order valence-electron chi connectivity index (χ0n) is 12.5. The largest absolute Gasteiger partial charge is 0.379 e. The molecule has 2 aromatic heterocycles. The first-order valence-corrected chi connectivity index (χ1v) is 7.84. The number of rotatable bonds is 4. The lowest BCUT2D eigenvalue weighted by atomic mass is 9.92. The molecule has 0 unspecified atom stereocenters. The summed E-state index contributed by atoms with van der Waals surface area (Å²) in [5, 5.41) is 8.93. The number of hydrogen-bond donors (Lipinski definition) is 0. The van der Waals surface area contributed by atoms with Crippen molar-refractivity contribution in [1.29, 1.82) is 0 Å². The molecular weight excluding hydrogens is 304 g/mol. The third-order valence-electron chi connectivity index (χ3n) is 4.15. The average molecular weight is 323 g/mol. The van der Waals surface area contributed by atoms with E-state index in [0.29, 0.717) is 11.6 Å². The van der Waals surface area contributed by atoms with E-state index >= 15 is 0 Å². The lowest BCUT2D eigenvalue weighted by Crippen LogP contribution is -2.29. The van der Waals surface area contributed by atoms with Crippen molar-refractivity contribution in [3.8, 4) is 0 Å². The summed E-state index contributed by atoms with van der Waals surface area (Å²) in [6.07, 6.45) is 8.14. The van der Waals surface area contributed by atoms with Gasteiger partial charge in [0.2, 0.25) is 0 Å². The summed E-state index contributed by atoms with van der Waals surface area (Å²) in [7, 11) is 1.74. The minimum atomic E-state index is -0.105. The highest BCUT2D eigenvalue weighted by molar-refractivity contribution is 6.30. The summed E-state index contributed by atoms with van der Waals surface area (Å²) in [6.45, 7) is 0.365. The molecule has 3 rings (SSSR count). The predicted octanol–water partition coefficient (Wildman–Crippen LogP) is 2.27. The van der Waals surface area contributed by atoms with E-state index in [1.54, 1.807) is 19.4 Å². The highest BCUT2D eigenvalue weighted by Crippen LogP contribution is 2.29. The fourth-order valence-corrected chi connectivity index (χ4v) is 3.18. The molecule has 1 saturated carbocycles. The summed E-state index contributed by atoms with van der Waals surface area (Å²) >= 11 is 5.93. The van der Waals surface area contributed by atoms with Crippen LogP contribution in [-0.4, -0.2) is 32.8 Å². The Hall–Kier alpha value is -1.66. The van der Waals surface area contributed by atoms with Crippen LogP contribution in [-0.2, 0) is 11.3 Å². The van der Waals surface area contributed by atoms with Crippen molar-refractivity contribution in [3.05, 3.63) is 45.6 Å². The van der Waals surface area contributed by atoms with Crippen LogP contribution >= 0.6 is 11.6 Å². The van der Waals surface area contributed by atoms with Gasteiger partial charge in [-0.2, -0.15) is 0 Å². The number of hydrogen-bond acceptors (Lipinski definition) is 4. The summed E-state index contributed by atoms with van der Waals surface area (Å²) in [6, 6.07) is 3.26. The molecule has 1 aliphatic rings. The standard InChI is InChI=1S/C15H19ClN4O2/c1-22-14-5-3-2-4-13(14)20-10-12(17-18-20)9-19-8-11(16)6-7-15(19)21/h6-8,10,13-14H,2-5,9H2,1H3/t13-,14-/m1/s1. The second kappa shape index (κ2) is 6.62. The number of halogens is 1. The lowest BCUT2D eigenvalue weighted by Gasteiger charge is -2.29.